The van der Waals surface area contributed by atoms with Crippen molar-refractivity contribution in [2.45, 2.75) is 45.5 Å². The Morgan fingerprint density at radius 2 is 1.97 bits per heavy atom. The zero-order valence-corrected chi connectivity index (χ0v) is 18.6. The van der Waals surface area contributed by atoms with Crippen molar-refractivity contribution in [3.63, 3.8) is 0 Å². The molecule has 8 nitrogen and oxygen atoms in total. The molecule has 1 aliphatic rings. The number of rotatable bonds is 6. The van der Waals surface area contributed by atoms with Gasteiger partial charge in [-0.2, -0.15) is 28.6 Å². The molecule has 192 valence electrons. The van der Waals surface area contributed by atoms with Crippen LogP contribution >= 0.6 is 0 Å². The summed E-state index contributed by atoms with van der Waals surface area (Å²) in [6.07, 6.45) is 0.337. The highest BCUT2D eigenvalue weighted by atomic mass is 19.4. The molecular formula is C23H24F5N7O. The van der Waals surface area contributed by atoms with E-state index in [1.807, 2.05) is 6.92 Å². The lowest BCUT2D eigenvalue weighted by Crippen LogP contribution is -2.63. The lowest BCUT2D eigenvalue weighted by atomic mass is 9.86. The van der Waals surface area contributed by atoms with Crippen molar-refractivity contribution in [3.8, 4) is 17.2 Å². The van der Waals surface area contributed by atoms with Gasteiger partial charge in [0.25, 0.3) is 5.91 Å². The number of aryl methyl sites for hydroxylation is 1. The SMILES string of the molecule is C.Cc1[nH]ncc1-c1cnn(C2(CC#N)CN(c3cc(F)c(C(=O)N[C@@H](C)C(F)(F)F)cc3F)C2)c1. The Hall–Kier alpha value is -3.95. The minimum absolute atomic E-state index is 0. The Morgan fingerprint density at radius 1 is 1.28 bits per heavy atom. The molecule has 3 heterocycles. The summed E-state index contributed by atoms with van der Waals surface area (Å²) in [5.41, 5.74) is 0.633. The molecule has 1 atom stereocenters. The Bertz CT molecular complexity index is 1300. The summed E-state index contributed by atoms with van der Waals surface area (Å²) < 4.78 is 69.1. The number of alkyl halides is 3. The van der Waals surface area contributed by atoms with Crippen molar-refractivity contribution < 1.29 is 26.7 Å². The highest BCUT2D eigenvalue weighted by molar-refractivity contribution is 5.95. The first kappa shape index (κ1) is 26.7. The van der Waals surface area contributed by atoms with E-state index < -0.39 is 40.9 Å². The smallest absolute Gasteiger partial charge is 0.364 e. The minimum atomic E-state index is -4.73. The summed E-state index contributed by atoms with van der Waals surface area (Å²) >= 11 is 0. The zero-order valence-electron chi connectivity index (χ0n) is 18.6. The van der Waals surface area contributed by atoms with Crippen molar-refractivity contribution >= 4 is 11.6 Å². The van der Waals surface area contributed by atoms with Gasteiger partial charge in [-0.25, -0.2) is 8.78 Å². The number of amides is 1. The van der Waals surface area contributed by atoms with Crippen molar-refractivity contribution in [2.75, 3.05) is 18.0 Å². The van der Waals surface area contributed by atoms with Crippen LogP contribution in [0.15, 0.2) is 30.7 Å². The second-order valence-corrected chi connectivity index (χ2v) is 8.52. The number of hydrogen-bond acceptors (Lipinski definition) is 5. The van der Waals surface area contributed by atoms with E-state index in [0.29, 0.717) is 13.0 Å². The normalized spacial score (nSPS) is 15.4. The Labute approximate surface area is 203 Å². The van der Waals surface area contributed by atoms with Gasteiger partial charge in [-0.05, 0) is 19.9 Å². The summed E-state index contributed by atoms with van der Waals surface area (Å²) in [4.78, 5) is 13.5. The standard InChI is InChI=1S/C22H20F5N7O.CH4/c1-12-16(8-29-32-12)14-7-30-34(9-14)21(3-4-28)10-33(11-21)19-6-17(23)15(5-18(19)24)20(35)31-13(2)22(25,26)27;/h5-9,13H,3,10-11H2,1-2H3,(H,29,32)(H,31,35);1H4/t13-;/m0./s1. The number of carbonyl (C=O) groups excluding carboxylic acids is 1. The number of aromatic nitrogens is 4. The number of aromatic amines is 1. The molecule has 1 saturated heterocycles. The predicted molar refractivity (Wildman–Crippen MR) is 121 cm³/mol. The van der Waals surface area contributed by atoms with Crippen molar-refractivity contribution in [2.24, 2.45) is 0 Å². The van der Waals surface area contributed by atoms with Gasteiger partial charge in [-0.1, -0.05) is 7.43 Å². The zero-order chi connectivity index (χ0) is 25.5. The number of nitrogens with zero attached hydrogens (tertiary/aromatic N) is 5. The lowest BCUT2D eigenvalue weighted by Gasteiger charge is -2.50. The van der Waals surface area contributed by atoms with Gasteiger partial charge in [0.15, 0.2) is 0 Å². The van der Waals surface area contributed by atoms with Gasteiger partial charge in [0.1, 0.15) is 23.2 Å². The molecule has 3 aromatic rings. The van der Waals surface area contributed by atoms with E-state index in [1.54, 1.807) is 28.6 Å². The largest absolute Gasteiger partial charge is 0.408 e. The molecule has 1 aliphatic heterocycles. The van der Waals surface area contributed by atoms with Crippen LogP contribution in [0.4, 0.5) is 27.6 Å². The maximum absolute atomic E-state index is 14.8. The van der Waals surface area contributed by atoms with Gasteiger partial charge in [-0.15, -0.1) is 0 Å². The molecule has 0 aliphatic carbocycles. The molecule has 2 aromatic heterocycles. The van der Waals surface area contributed by atoms with E-state index in [9.17, 15) is 32.0 Å². The maximum Gasteiger partial charge on any atom is 0.408 e. The van der Waals surface area contributed by atoms with Crippen LogP contribution in [0.1, 0.15) is 36.8 Å². The van der Waals surface area contributed by atoms with Crippen LogP contribution in [0, 0.1) is 29.9 Å². The van der Waals surface area contributed by atoms with Crippen LogP contribution in [-0.2, 0) is 5.54 Å². The molecule has 0 spiro atoms. The van der Waals surface area contributed by atoms with Gasteiger partial charge < -0.3 is 10.2 Å². The number of hydrogen-bond donors (Lipinski definition) is 2. The summed E-state index contributed by atoms with van der Waals surface area (Å²) in [6.45, 7) is 2.79. The first-order valence-corrected chi connectivity index (χ1v) is 10.5. The third-order valence-electron chi connectivity index (χ3n) is 6.05. The number of benzene rings is 1. The first-order chi connectivity index (χ1) is 16.4. The molecule has 1 amide bonds. The second-order valence-electron chi connectivity index (χ2n) is 8.52. The average Bonchev–Trinajstić information content (AvgIpc) is 3.40. The molecule has 1 aromatic carbocycles. The number of anilines is 1. The third kappa shape index (κ3) is 4.75. The maximum atomic E-state index is 14.8. The van der Waals surface area contributed by atoms with E-state index in [0.717, 1.165) is 22.9 Å². The van der Waals surface area contributed by atoms with Crippen LogP contribution in [0.3, 0.4) is 0 Å². The van der Waals surface area contributed by atoms with Crippen LogP contribution in [0.5, 0.6) is 0 Å². The topological polar surface area (TPSA) is 103 Å². The summed E-state index contributed by atoms with van der Waals surface area (Å²) in [7, 11) is 0. The van der Waals surface area contributed by atoms with Crippen LogP contribution in [-0.4, -0.2) is 51.2 Å². The fraction of sp³-hybridized carbons (Fsp3) is 0.391. The van der Waals surface area contributed by atoms with Gasteiger partial charge in [-0.3, -0.25) is 14.6 Å². The third-order valence-corrected chi connectivity index (χ3v) is 6.05. The molecule has 4 rings (SSSR count). The second kappa shape index (κ2) is 9.60. The molecule has 36 heavy (non-hydrogen) atoms. The van der Waals surface area contributed by atoms with E-state index >= 15 is 0 Å². The summed E-state index contributed by atoms with van der Waals surface area (Å²) in [6, 6.07) is 1.20. The Balaban J connectivity index is 0.00000361. The first-order valence-electron chi connectivity index (χ1n) is 10.5. The molecule has 0 saturated carbocycles. The fourth-order valence-electron chi connectivity index (χ4n) is 3.99. The van der Waals surface area contributed by atoms with Crippen LogP contribution in [0.2, 0.25) is 0 Å². The highest BCUT2D eigenvalue weighted by Crippen LogP contribution is 2.38. The molecule has 0 unspecified atom stereocenters. The van der Waals surface area contributed by atoms with E-state index in [2.05, 4.69) is 21.4 Å². The predicted octanol–water partition coefficient (Wildman–Crippen LogP) is 4.31. The molecular weight excluding hydrogens is 485 g/mol. The van der Waals surface area contributed by atoms with Gasteiger partial charge in [0, 0.05) is 42.2 Å². The molecule has 2 N–H and O–H groups in total. The monoisotopic (exact) mass is 509 g/mol. The molecule has 0 radical (unpaired) electrons. The Kier molecular flexibility index (Phi) is 7.11. The van der Waals surface area contributed by atoms with Crippen molar-refractivity contribution in [3.05, 3.63) is 53.6 Å². The van der Waals surface area contributed by atoms with E-state index in [-0.39, 0.29) is 32.6 Å². The summed E-state index contributed by atoms with van der Waals surface area (Å²) in [5, 5.41) is 22.1. The highest BCUT2D eigenvalue weighted by Gasteiger charge is 2.46. The van der Waals surface area contributed by atoms with Gasteiger partial charge in [0.05, 0.1) is 36.1 Å². The van der Waals surface area contributed by atoms with Crippen LogP contribution in [0.25, 0.3) is 11.1 Å². The molecule has 13 heteroatoms. The fourth-order valence-corrected chi connectivity index (χ4v) is 3.99. The molecule has 0 bridgehead atoms. The van der Waals surface area contributed by atoms with E-state index in [4.69, 9.17) is 0 Å². The number of halogens is 5. The Morgan fingerprint density at radius 3 is 2.56 bits per heavy atom. The summed E-state index contributed by atoms with van der Waals surface area (Å²) in [5.74, 6) is -3.52. The van der Waals surface area contributed by atoms with Crippen molar-refractivity contribution in [1.29, 1.82) is 5.26 Å². The quantitative estimate of drug-likeness (QED) is 0.483. The number of nitriles is 1. The number of H-pyrrole nitrogens is 1. The van der Waals surface area contributed by atoms with Crippen molar-refractivity contribution in [1.82, 2.24) is 25.3 Å². The lowest BCUT2D eigenvalue weighted by molar-refractivity contribution is -0.149. The minimum Gasteiger partial charge on any atom is -0.364 e. The van der Waals surface area contributed by atoms with E-state index in [1.165, 1.54) is 4.90 Å². The van der Waals surface area contributed by atoms with Gasteiger partial charge in [0.2, 0.25) is 0 Å². The number of carbonyl (C=O) groups is 1. The average molecular weight is 509 g/mol. The molecule has 1 fully saturated rings. The van der Waals surface area contributed by atoms with Gasteiger partial charge >= 0.3 is 6.18 Å². The van der Waals surface area contributed by atoms with Crippen LogP contribution < -0.4 is 10.2 Å². The number of nitrogens with one attached hydrogen (secondary N) is 2.